The van der Waals surface area contributed by atoms with E-state index in [-0.39, 0.29) is 6.10 Å². The monoisotopic (exact) mass is 194 g/mol. The predicted molar refractivity (Wildman–Crippen MR) is 59.4 cm³/mol. The number of nitrogens with one attached hydrogen (secondary N) is 1. The van der Waals surface area contributed by atoms with Crippen molar-refractivity contribution in [2.24, 2.45) is 0 Å². The lowest BCUT2D eigenvalue weighted by molar-refractivity contribution is 0.244. The van der Waals surface area contributed by atoms with Gasteiger partial charge in [-0.25, -0.2) is 0 Å². The van der Waals surface area contributed by atoms with Crippen molar-refractivity contribution >= 4 is 5.69 Å². The van der Waals surface area contributed by atoms with Crippen molar-refractivity contribution in [1.29, 1.82) is 0 Å². The highest BCUT2D eigenvalue weighted by Gasteiger charge is 2.03. The van der Waals surface area contributed by atoms with Gasteiger partial charge in [0.05, 0.1) is 11.8 Å². The summed E-state index contributed by atoms with van der Waals surface area (Å²) in [5.41, 5.74) is 7.72. The minimum Gasteiger partial charge on any atom is -0.489 e. The average Bonchev–Trinajstić information content (AvgIpc) is 2.10. The molecule has 0 saturated carbocycles. The number of rotatable bonds is 4. The van der Waals surface area contributed by atoms with Crippen LogP contribution in [-0.4, -0.2) is 13.2 Å². The largest absolute Gasteiger partial charge is 0.489 e. The molecular formula is C11H18N2O. The van der Waals surface area contributed by atoms with Crippen LogP contribution in [0.2, 0.25) is 0 Å². The molecule has 3 N–H and O–H groups in total. The Morgan fingerprint density at radius 2 is 2.14 bits per heavy atom. The fourth-order valence-electron chi connectivity index (χ4n) is 1.27. The van der Waals surface area contributed by atoms with Crippen LogP contribution in [0.25, 0.3) is 0 Å². The molecule has 0 unspecified atom stereocenters. The van der Waals surface area contributed by atoms with E-state index in [1.54, 1.807) is 0 Å². The molecule has 1 aromatic rings. The van der Waals surface area contributed by atoms with Crippen molar-refractivity contribution in [2.75, 3.05) is 12.8 Å². The van der Waals surface area contributed by atoms with Gasteiger partial charge in [0.15, 0.2) is 0 Å². The second kappa shape index (κ2) is 4.86. The molecule has 78 valence electrons. The summed E-state index contributed by atoms with van der Waals surface area (Å²) in [4.78, 5) is 0. The summed E-state index contributed by atoms with van der Waals surface area (Å²) < 4.78 is 5.53. The zero-order chi connectivity index (χ0) is 10.6. The van der Waals surface area contributed by atoms with Crippen LogP contribution in [0.4, 0.5) is 5.69 Å². The first-order valence-corrected chi connectivity index (χ1v) is 4.83. The van der Waals surface area contributed by atoms with Gasteiger partial charge in [-0.3, -0.25) is 0 Å². The normalized spacial score (nSPS) is 10.6. The summed E-state index contributed by atoms with van der Waals surface area (Å²) in [7, 11) is 1.91. The van der Waals surface area contributed by atoms with E-state index in [0.717, 1.165) is 12.3 Å². The summed E-state index contributed by atoms with van der Waals surface area (Å²) in [6.07, 6.45) is 0.160. The lowest BCUT2D eigenvalue weighted by atomic mass is 10.2. The maximum absolute atomic E-state index is 5.85. The van der Waals surface area contributed by atoms with Crippen LogP contribution in [0.5, 0.6) is 5.75 Å². The summed E-state index contributed by atoms with van der Waals surface area (Å²) in [6, 6.07) is 5.88. The van der Waals surface area contributed by atoms with Crippen molar-refractivity contribution in [1.82, 2.24) is 5.32 Å². The van der Waals surface area contributed by atoms with Crippen molar-refractivity contribution in [3.63, 3.8) is 0 Å². The van der Waals surface area contributed by atoms with Gasteiger partial charge in [0, 0.05) is 6.54 Å². The van der Waals surface area contributed by atoms with E-state index in [1.165, 1.54) is 5.56 Å². The fraction of sp³-hybridized carbons (Fsp3) is 0.455. The first-order chi connectivity index (χ1) is 6.63. The number of nitrogen functional groups attached to an aromatic ring is 1. The van der Waals surface area contributed by atoms with Gasteiger partial charge < -0.3 is 15.8 Å². The molecule has 0 spiro atoms. The molecule has 0 aliphatic heterocycles. The van der Waals surface area contributed by atoms with E-state index in [1.807, 2.05) is 39.1 Å². The smallest absolute Gasteiger partial charge is 0.142 e. The van der Waals surface area contributed by atoms with Gasteiger partial charge in [-0.1, -0.05) is 6.07 Å². The van der Waals surface area contributed by atoms with Gasteiger partial charge in [-0.05, 0) is 38.6 Å². The highest BCUT2D eigenvalue weighted by atomic mass is 16.5. The third-order valence-corrected chi connectivity index (χ3v) is 1.82. The molecular weight excluding hydrogens is 176 g/mol. The van der Waals surface area contributed by atoms with Crippen LogP contribution in [0.15, 0.2) is 18.2 Å². The fourth-order valence-corrected chi connectivity index (χ4v) is 1.27. The minimum atomic E-state index is 0.160. The number of hydrogen-bond donors (Lipinski definition) is 2. The average molecular weight is 194 g/mol. The Balaban J connectivity index is 2.79. The first kappa shape index (κ1) is 10.9. The van der Waals surface area contributed by atoms with E-state index >= 15 is 0 Å². The second-order valence-electron chi connectivity index (χ2n) is 3.57. The SMILES string of the molecule is CNCc1ccc(OC(C)C)c(N)c1. The Kier molecular flexibility index (Phi) is 3.77. The number of ether oxygens (including phenoxy) is 1. The molecule has 0 aliphatic carbocycles. The van der Waals surface area contributed by atoms with E-state index < -0.39 is 0 Å². The summed E-state index contributed by atoms with van der Waals surface area (Å²) in [5, 5.41) is 3.08. The molecule has 0 heterocycles. The molecule has 0 atom stereocenters. The highest BCUT2D eigenvalue weighted by Crippen LogP contribution is 2.23. The molecule has 0 amide bonds. The van der Waals surface area contributed by atoms with E-state index in [9.17, 15) is 0 Å². The molecule has 14 heavy (non-hydrogen) atoms. The Bertz CT molecular complexity index is 297. The van der Waals surface area contributed by atoms with Gasteiger partial charge >= 0.3 is 0 Å². The number of anilines is 1. The third kappa shape index (κ3) is 2.92. The highest BCUT2D eigenvalue weighted by molar-refractivity contribution is 5.54. The lowest BCUT2D eigenvalue weighted by Gasteiger charge is -2.12. The maximum Gasteiger partial charge on any atom is 0.142 e. The van der Waals surface area contributed by atoms with Crippen molar-refractivity contribution in [2.45, 2.75) is 26.5 Å². The van der Waals surface area contributed by atoms with E-state index in [0.29, 0.717) is 5.69 Å². The van der Waals surface area contributed by atoms with E-state index in [2.05, 4.69) is 5.32 Å². The summed E-state index contributed by atoms with van der Waals surface area (Å²) >= 11 is 0. The lowest BCUT2D eigenvalue weighted by Crippen LogP contribution is -2.09. The molecule has 0 saturated heterocycles. The summed E-state index contributed by atoms with van der Waals surface area (Å²) in [5.74, 6) is 0.764. The van der Waals surface area contributed by atoms with E-state index in [4.69, 9.17) is 10.5 Å². The predicted octanol–water partition coefficient (Wildman–Crippen LogP) is 1.78. The molecule has 0 aromatic heterocycles. The number of nitrogens with two attached hydrogens (primary N) is 1. The van der Waals surface area contributed by atoms with Crippen LogP contribution < -0.4 is 15.8 Å². The van der Waals surface area contributed by atoms with Crippen LogP contribution in [0.1, 0.15) is 19.4 Å². The zero-order valence-corrected chi connectivity index (χ0v) is 9.00. The maximum atomic E-state index is 5.85. The summed E-state index contributed by atoms with van der Waals surface area (Å²) in [6.45, 7) is 4.80. The standard InChI is InChI=1S/C11H18N2O/c1-8(2)14-11-5-4-9(7-13-3)6-10(11)12/h4-6,8,13H,7,12H2,1-3H3. The topological polar surface area (TPSA) is 47.3 Å². The number of hydrogen-bond acceptors (Lipinski definition) is 3. The third-order valence-electron chi connectivity index (χ3n) is 1.82. The molecule has 1 aromatic carbocycles. The van der Waals surface area contributed by atoms with Gasteiger partial charge in [-0.15, -0.1) is 0 Å². The van der Waals surface area contributed by atoms with Crippen LogP contribution in [-0.2, 0) is 6.54 Å². The van der Waals surface area contributed by atoms with Crippen LogP contribution in [0.3, 0.4) is 0 Å². The number of benzene rings is 1. The molecule has 3 nitrogen and oxygen atoms in total. The van der Waals surface area contributed by atoms with Gasteiger partial charge in [0.1, 0.15) is 5.75 Å². The second-order valence-corrected chi connectivity index (χ2v) is 3.57. The van der Waals surface area contributed by atoms with Crippen LogP contribution >= 0.6 is 0 Å². The van der Waals surface area contributed by atoms with Crippen molar-refractivity contribution in [3.8, 4) is 5.75 Å². The van der Waals surface area contributed by atoms with Crippen molar-refractivity contribution < 1.29 is 4.74 Å². The molecule has 1 rings (SSSR count). The Labute approximate surface area is 85.3 Å². The Morgan fingerprint density at radius 1 is 1.43 bits per heavy atom. The molecule has 3 heteroatoms. The van der Waals surface area contributed by atoms with Gasteiger partial charge in [0.2, 0.25) is 0 Å². The van der Waals surface area contributed by atoms with Gasteiger partial charge in [-0.2, -0.15) is 0 Å². The molecule has 0 radical (unpaired) electrons. The first-order valence-electron chi connectivity index (χ1n) is 4.83. The Morgan fingerprint density at radius 3 is 2.64 bits per heavy atom. The Hall–Kier alpha value is -1.22. The quantitative estimate of drug-likeness (QED) is 0.718. The van der Waals surface area contributed by atoms with Crippen molar-refractivity contribution in [3.05, 3.63) is 23.8 Å². The molecule has 0 aliphatic rings. The zero-order valence-electron chi connectivity index (χ0n) is 9.00. The van der Waals surface area contributed by atoms with Crippen LogP contribution in [0, 0.1) is 0 Å². The molecule has 0 fully saturated rings. The molecule has 0 bridgehead atoms. The minimum absolute atomic E-state index is 0.160. The van der Waals surface area contributed by atoms with Gasteiger partial charge in [0.25, 0.3) is 0 Å².